The number of rotatable bonds is 4. The van der Waals surface area contributed by atoms with E-state index in [1.165, 1.54) is 0 Å². The van der Waals surface area contributed by atoms with Gasteiger partial charge in [0.15, 0.2) is 5.82 Å². The van der Waals surface area contributed by atoms with Crippen LogP contribution in [0.1, 0.15) is 62.4 Å². The zero-order chi connectivity index (χ0) is 28.9. The standard InChI is InChI=1S/C30H36N8O3/c1-19(2)18-24-29(40)32-20(3)28-35-27(21-8-5-4-6-9-21)36-38(28)17-16-37(15-7-10-25(39)33-24)30(41)23-12-11-22-13-14-31-26(22)34-23/h4-6,8-9,11-14,19-20,24H,7,10,15-18H2,1-3H3,(H,31,34)(H,32,40)(H,33,39)/t20-,24-/m1/s1. The lowest BCUT2D eigenvalue weighted by atomic mass is 10.0. The van der Waals surface area contributed by atoms with Gasteiger partial charge in [-0.15, -0.1) is 0 Å². The second-order valence-electron chi connectivity index (χ2n) is 10.9. The van der Waals surface area contributed by atoms with Crippen molar-refractivity contribution in [2.45, 2.75) is 58.7 Å². The summed E-state index contributed by atoms with van der Waals surface area (Å²) in [4.78, 5) is 53.9. The van der Waals surface area contributed by atoms with Crippen LogP contribution in [0.2, 0.25) is 0 Å². The van der Waals surface area contributed by atoms with Crippen LogP contribution in [-0.2, 0) is 16.1 Å². The van der Waals surface area contributed by atoms with Crippen molar-refractivity contribution in [3.63, 3.8) is 0 Å². The lowest BCUT2D eigenvalue weighted by Gasteiger charge is -2.26. The third-order valence-corrected chi connectivity index (χ3v) is 7.17. The van der Waals surface area contributed by atoms with Gasteiger partial charge in [-0.3, -0.25) is 14.4 Å². The molecule has 0 spiro atoms. The molecule has 5 rings (SSSR count). The molecular weight excluding hydrogens is 520 g/mol. The molecule has 11 heteroatoms. The van der Waals surface area contributed by atoms with Crippen molar-refractivity contribution in [3.05, 3.63) is 66.2 Å². The van der Waals surface area contributed by atoms with Gasteiger partial charge >= 0.3 is 0 Å². The van der Waals surface area contributed by atoms with E-state index in [0.29, 0.717) is 55.5 Å². The molecule has 214 valence electrons. The number of H-pyrrole nitrogens is 1. The number of hydrogen-bond acceptors (Lipinski definition) is 6. The molecule has 3 aromatic heterocycles. The van der Waals surface area contributed by atoms with Crippen molar-refractivity contribution in [2.75, 3.05) is 13.1 Å². The summed E-state index contributed by atoms with van der Waals surface area (Å²) in [7, 11) is 0. The van der Waals surface area contributed by atoms with Crippen LogP contribution in [-0.4, -0.2) is 66.5 Å². The molecule has 0 fully saturated rings. The molecule has 3 amide bonds. The maximum atomic E-state index is 13.7. The molecule has 1 aromatic carbocycles. The highest BCUT2D eigenvalue weighted by atomic mass is 16.2. The maximum absolute atomic E-state index is 13.7. The monoisotopic (exact) mass is 556 g/mol. The van der Waals surface area contributed by atoms with Crippen molar-refractivity contribution in [1.29, 1.82) is 0 Å². The van der Waals surface area contributed by atoms with Crippen molar-refractivity contribution in [2.24, 2.45) is 5.92 Å². The van der Waals surface area contributed by atoms with Gasteiger partial charge in [0.25, 0.3) is 5.91 Å². The van der Waals surface area contributed by atoms with Crippen molar-refractivity contribution < 1.29 is 14.4 Å². The molecular formula is C30H36N8O3. The molecule has 4 aromatic rings. The van der Waals surface area contributed by atoms with E-state index in [2.05, 4.69) is 20.6 Å². The van der Waals surface area contributed by atoms with E-state index >= 15 is 0 Å². The van der Waals surface area contributed by atoms with Crippen LogP contribution in [0.25, 0.3) is 22.4 Å². The predicted octanol–water partition coefficient (Wildman–Crippen LogP) is 3.47. The smallest absolute Gasteiger partial charge is 0.272 e. The predicted molar refractivity (Wildman–Crippen MR) is 155 cm³/mol. The van der Waals surface area contributed by atoms with Gasteiger partial charge in [0.05, 0.1) is 12.6 Å². The number of nitrogens with one attached hydrogen (secondary N) is 3. The number of fused-ring (bicyclic) bond motifs is 2. The minimum atomic E-state index is -0.674. The topological polar surface area (TPSA) is 138 Å². The van der Waals surface area contributed by atoms with E-state index in [4.69, 9.17) is 10.1 Å². The number of benzene rings is 1. The van der Waals surface area contributed by atoms with Gasteiger partial charge in [0.1, 0.15) is 23.2 Å². The Balaban J connectivity index is 1.47. The van der Waals surface area contributed by atoms with E-state index in [1.54, 1.807) is 21.8 Å². The van der Waals surface area contributed by atoms with E-state index < -0.39 is 12.1 Å². The summed E-state index contributed by atoms with van der Waals surface area (Å²) in [5.41, 5.74) is 1.82. The second-order valence-corrected chi connectivity index (χ2v) is 10.9. The summed E-state index contributed by atoms with van der Waals surface area (Å²) in [5.74, 6) is 0.611. The molecule has 0 aliphatic carbocycles. The first-order valence-electron chi connectivity index (χ1n) is 14.1. The van der Waals surface area contributed by atoms with Crippen LogP contribution in [0.4, 0.5) is 0 Å². The third-order valence-electron chi connectivity index (χ3n) is 7.17. The van der Waals surface area contributed by atoms with Crippen LogP contribution in [0.15, 0.2) is 54.7 Å². The van der Waals surface area contributed by atoms with E-state index in [9.17, 15) is 14.4 Å². The number of aromatic amines is 1. The summed E-state index contributed by atoms with van der Waals surface area (Å²) >= 11 is 0. The lowest BCUT2D eigenvalue weighted by Crippen LogP contribution is -2.48. The van der Waals surface area contributed by atoms with Crippen LogP contribution in [0.3, 0.4) is 0 Å². The molecule has 0 bridgehead atoms. The maximum Gasteiger partial charge on any atom is 0.272 e. The fraction of sp³-hybridized carbons (Fsp3) is 0.400. The van der Waals surface area contributed by atoms with Crippen molar-refractivity contribution >= 4 is 28.8 Å². The molecule has 3 N–H and O–H groups in total. The lowest BCUT2D eigenvalue weighted by molar-refractivity contribution is -0.129. The highest BCUT2D eigenvalue weighted by molar-refractivity contribution is 5.94. The SMILES string of the molecule is CC(C)C[C@H]1NC(=O)CCCN(C(=O)c2ccc3cc[nH]c3n2)CCn2nc(-c3ccccc3)nc2[C@@H](C)NC1=O. The number of aromatic nitrogens is 5. The fourth-order valence-corrected chi connectivity index (χ4v) is 5.07. The number of hydrogen-bond donors (Lipinski definition) is 3. The molecule has 0 saturated carbocycles. The Morgan fingerprint density at radius 3 is 2.59 bits per heavy atom. The van der Waals surface area contributed by atoms with Gasteiger partial charge in [-0.1, -0.05) is 44.2 Å². The number of amides is 3. The highest BCUT2D eigenvalue weighted by Crippen LogP contribution is 2.20. The number of carbonyl (C=O) groups is 3. The minimum Gasteiger partial charge on any atom is -0.346 e. The molecule has 1 aliphatic rings. The summed E-state index contributed by atoms with van der Waals surface area (Å²) in [6, 6.07) is 14.0. The van der Waals surface area contributed by atoms with Crippen LogP contribution < -0.4 is 10.6 Å². The minimum absolute atomic E-state index is 0.191. The summed E-state index contributed by atoms with van der Waals surface area (Å²) in [5, 5.41) is 11.6. The van der Waals surface area contributed by atoms with E-state index in [-0.39, 0.29) is 30.1 Å². The van der Waals surface area contributed by atoms with Crippen molar-refractivity contribution in [3.8, 4) is 11.4 Å². The summed E-state index contributed by atoms with van der Waals surface area (Å²) in [6.45, 7) is 6.91. The normalized spacial score (nSPS) is 19.0. The Bertz CT molecular complexity index is 1530. The quantitative estimate of drug-likeness (QED) is 0.352. The average molecular weight is 557 g/mol. The highest BCUT2D eigenvalue weighted by Gasteiger charge is 2.27. The first-order chi connectivity index (χ1) is 19.8. The Labute approximate surface area is 238 Å². The van der Waals surface area contributed by atoms with Gasteiger partial charge in [-0.2, -0.15) is 5.10 Å². The van der Waals surface area contributed by atoms with Gasteiger partial charge in [0.2, 0.25) is 11.8 Å². The molecule has 0 saturated heterocycles. The van der Waals surface area contributed by atoms with Gasteiger partial charge in [-0.05, 0) is 43.9 Å². The zero-order valence-corrected chi connectivity index (χ0v) is 23.6. The second kappa shape index (κ2) is 12.3. The fourth-order valence-electron chi connectivity index (χ4n) is 5.07. The Hall–Kier alpha value is -4.54. The Morgan fingerprint density at radius 2 is 1.80 bits per heavy atom. The molecule has 41 heavy (non-hydrogen) atoms. The zero-order valence-electron chi connectivity index (χ0n) is 23.6. The summed E-state index contributed by atoms with van der Waals surface area (Å²) in [6.07, 6.45) is 2.92. The molecule has 2 atom stereocenters. The van der Waals surface area contributed by atoms with Gasteiger partial charge in [-0.25, -0.2) is 14.6 Å². The Kier molecular flexibility index (Phi) is 8.42. The third kappa shape index (κ3) is 6.62. The van der Waals surface area contributed by atoms with E-state index in [0.717, 1.165) is 10.9 Å². The van der Waals surface area contributed by atoms with Crippen LogP contribution in [0, 0.1) is 5.92 Å². The largest absolute Gasteiger partial charge is 0.346 e. The number of nitrogens with zero attached hydrogens (tertiary/aromatic N) is 5. The van der Waals surface area contributed by atoms with Gasteiger partial charge < -0.3 is 20.5 Å². The first-order valence-corrected chi connectivity index (χ1v) is 14.1. The molecule has 0 unspecified atom stereocenters. The molecule has 4 heterocycles. The average Bonchev–Trinajstić information content (AvgIpc) is 3.61. The van der Waals surface area contributed by atoms with Crippen molar-refractivity contribution in [1.82, 2.24) is 40.3 Å². The molecule has 1 aliphatic heterocycles. The van der Waals surface area contributed by atoms with Crippen LogP contribution in [0.5, 0.6) is 0 Å². The number of pyridine rings is 1. The summed E-state index contributed by atoms with van der Waals surface area (Å²) < 4.78 is 1.76. The van der Waals surface area contributed by atoms with Gasteiger partial charge in [0, 0.05) is 36.7 Å². The van der Waals surface area contributed by atoms with Crippen LogP contribution >= 0.6 is 0 Å². The Morgan fingerprint density at radius 1 is 1.00 bits per heavy atom. The van der Waals surface area contributed by atoms with E-state index in [1.807, 2.05) is 63.2 Å². The number of carbonyl (C=O) groups excluding carboxylic acids is 3. The molecule has 0 radical (unpaired) electrons. The molecule has 11 nitrogen and oxygen atoms in total. The first kappa shape index (κ1) is 28.0.